The third-order valence-electron chi connectivity index (χ3n) is 4.70. The van der Waals surface area contributed by atoms with Gasteiger partial charge in [0.05, 0.1) is 11.5 Å². The molecule has 9 N–H and O–H groups in total. The number of aliphatic hydroxyl groups excluding tert-OH is 1. The van der Waals surface area contributed by atoms with Crippen LogP contribution in [-0.2, 0) is 31.6 Å². The Morgan fingerprint density at radius 1 is 1.28 bits per heavy atom. The first kappa shape index (κ1) is 28.9. The summed E-state index contributed by atoms with van der Waals surface area (Å²) in [5.41, 5.74) is 2.28. The number of aromatic amines is 1. The summed E-state index contributed by atoms with van der Waals surface area (Å²) in [4.78, 5) is 54.6. The fourth-order valence-corrected chi connectivity index (χ4v) is 6.75. The third kappa shape index (κ3) is 6.08. The highest BCUT2D eigenvalue weighted by atomic mass is 35.5. The van der Waals surface area contributed by atoms with E-state index in [1.165, 1.54) is 12.3 Å². The van der Waals surface area contributed by atoms with E-state index in [2.05, 4.69) is 29.0 Å². The number of nitrogens with two attached hydrogens (primary N) is 1. The molecule has 200 valence electrons. The van der Waals surface area contributed by atoms with E-state index < -0.39 is 59.2 Å². The lowest BCUT2D eigenvalue weighted by atomic mass is 9.93. The number of phosphoric ester groups is 1. The minimum absolute atomic E-state index is 0.00762. The molecule has 0 bridgehead atoms. The van der Waals surface area contributed by atoms with Crippen LogP contribution in [0.1, 0.15) is 13.2 Å². The molecule has 3 rings (SSSR count). The number of nitrogens with zero attached hydrogens (tertiary/aromatic N) is 2. The number of rotatable bonds is 8. The molecular formula is C14H18ClN4O14P3. The van der Waals surface area contributed by atoms with Crippen LogP contribution < -0.4 is 11.3 Å². The van der Waals surface area contributed by atoms with E-state index >= 15 is 0 Å². The fourth-order valence-electron chi connectivity index (χ4n) is 3.40. The number of halogens is 1. The fraction of sp³-hybridized carbons (Fsp3) is 0.429. The first-order valence-electron chi connectivity index (χ1n) is 9.26. The van der Waals surface area contributed by atoms with Crippen LogP contribution in [0.2, 0.25) is 0 Å². The number of phosphoric acid groups is 3. The topological polar surface area (TPSA) is 286 Å². The quantitative estimate of drug-likeness (QED) is 0.137. The number of hydrogen-bond donors (Lipinski definition) is 8. The Morgan fingerprint density at radius 2 is 1.92 bits per heavy atom. The smallest absolute Gasteiger partial charge is 0.386 e. The molecule has 7 atom stereocenters. The largest absolute Gasteiger partial charge is 0.490 e. The second-order valence-electron chi connectivity index (χ2n) is 7.26. The van der Waals surface area contributed by atoms with Gasteiger partial charge in [0.15, 0.2) is 11.9 Å². The van der Waals surface area contributed by atoms with E-state index in [1.807, 2.05) is 5.38 Å². The summed E-state index contributed by atoms with van der Waals surface area (Å²) in [6.07, 6.45) is -5.92. The first-order chi connectivity index (χ1) is 16.4. The van der Waals surface area contributed by atoms with Crippen LogP contribution in [0.4, 0.5) is 5.95 Å². The Bertz CT molecular complexity index is 1430. The number of aromatic nitrogens is 3. The van der Waals surface area contributed by atoms with Gasteiger partial charge in [0, 0.05) is 11.6 Å². The summed E-state index contributed by atoms with van der Waals surface area (Å²) in [6, 6.07) is 1.29. The molecule has 0 saturated carbocycles. The molecule has 0 aromatic carbocycles. The van der Waals surface area contributed by atoms with E-state index in [9.17, 15) is 38.5 Å². The molecule has 0 radical (unpaired) electrons. The predicted molar refractivity (Wildman–Crippen MR) is 118 cm³/mol. The number of aliphatic hydroxyl groups is 2. The van der Waals surface area contributed by atoms with Gasteiger partial charge in [0.25, 0.3) is 5.56 Å². The van der Waals surface area contributed by atoms with Crippen molar-refractivity contribution in [2.75, 3.05) is 5.73 Å². The maximum atomic E-state index is 12.2. The summed E-state index contributed by atoms with van der Waals surface area (Å²) in [5, 5.41) is 23.8. The van der Waals surface area contributed by atoms with Crippen molar-refractivity contribution in [3.05, 3.63) is 22.6 Å². The number of nitrogens with one attached hydrogen (secondary N) is 1. The summed E-state index contributed by atoms with van der Waals surface area (Å²) < 4.78 is 53.1. The van der Waals surface area contributed by atoms with Gasteiger partial charge in [-0.2, -0.15) is 13.6 Å². The van der Waals surface area contributed by atoms with E-state index in [1.54, 1.807) is 0 Å². The van der Waals surface area contributed by atoms with Crippen LogP contribution >= 0.6 is 35.1 Å². The number of hydrogen-bond acceptors (Lipinski definition) is 12. The average molecular weight is 595 g/mol. The zero-order chi connectivity index (χ0) is 27.3. The molecule has 1 saturated heterocycles. The van der Waals surface area contributed by atoms with Crippen molar-refractivity contribution < 1.29 is 61.4 Å². The molecule has 2 aromatic heterocycles. The molecular weight excluding hydrogens is 577 g/mol. The number of anilines is 1. The van der Waals surface area contributed by atoms with Crippen molar-refractivity contribution in [1.82, 2.24) is 14.5 Å². The summed E-state index contributed by atoms with van der Waals surface area (Å²) >= 11 is 5.43. The Kier molecular flexibility index (Phi) is 7.97. The molecule has 22 heteroatoms. The van der Waals surface area contributed by atoms with Gasteiger partial charge in [-0.15, -0.1) is 0 Å². The Balaban J connectivity index is 1.92. The van der Waals surface area contributed by atoms with Crippen molar-refractivity contribution in [3.63, 3.8) is 0 Å². The molecule has 2 aromatic rings. The van der Waals surface area contributed by atoms with Gasteiger partial charge < -0.3 is 44.8 Å². The number of nitrogen functional groups attached to an aromatic ring is 1. The van der Waals surface area contributed by atoms with Crippen molar-refractivity contribution in [3.8, 4) is 11.3 Å². The van der Waals surface area contributed by atoms with Gasteiger partial charge in [-0.1, -0.05) is 0 Å². The highest BCUT2D eigenvalue weighted by molar-refractivity contribution is 7.66. The van der Waals surface area contributed by atoms with Crippen LogP contribution in [0, 0.1) is 11.3 Å². The van der Waals surface area contributed by atoms with Gasteiger partial charge in [-0.05, 0) is 30.5 Å². The van der Waals surface area contributed by atoms with Crippen LogP contribution in [-0.4, -0.2) is 68.2 Å². The lowest BCUT2D eigenvalue weighted by Crippen LogP contribution is -2.47. The molecule has 0 aliphatic carbocycles. The van der Waals surface area contributed by atoms with Crippen molar-refractivity contribution >= 4 is 52.1 Å². The monoisotopic (exact) mass is 594 g/mol. The van der Waals surface area contributed by atoms with E-state index in [0.717, 1.165) is 11.5 Å². The van der Waals surface area contributed by atoms with Crippen molar-refractivity contribution in [1.29, 1.82) is 0 Å². The first-order valence-corrected chi connectivity index (χ1v) is 14.2. The number of H-pyrrole nitrogens is 1. The molecule has 36 heavy (non-hydrogen) atoms. The number of ether oxygens (including phenoxy) is 1. The molecule has 1 aliphatic rings. The zero-order valence-corrected chi connectivity index (χ0v) is 21.0. The number of fused-ring (bicyclic) bond motifs is 1. The highest BCUT2D eigenvalue weighted by Gasteiger charge is 2.58. The predicted octanol–water partition coefficient (Wildman–Crippen LogP) is -0.772. The molecule has 1 aliphatic heterocycles. The van der Waals surface area contributed by atoms with E-state index in [4.69, 9.17) is 31.9 Å². The van der Waals surface area contributed by atoms with Crippen LogP contribution in [0.15, 0.2) is 17.1 Å². The van der Waals surface area contributed by atoms with Crippen LogP contribution in [0.25, 0.3) is 11.0 Å². The van der Waals surface area contributed by atoms with Gasteiger partial charge in [0.2, 0.25) is 11.5 Å². The van der Waals surface area contributed by atoms with Crippen LogP contribution in [0.3, 0.4) is 0 Å². The van der Waals surface area contributed by atoms with Crippen molar-refractivity contribution in [2.24, 2.45) is 0 Å². The Morgan fingerprint density at radius 3 is 2.50 bits per heavy atom. The Labute approximate surface area is 205 Å². The van der Waals surface area contributed by atoms with E-state index in [-0.39, 0.29) is 17.0 Å². The van der Waals surface area contributed by atoms with Crippen molar-refractivity contribution in [2.45, 2.75) is 37.1 Å². The van der Waals surface area contributed by atoms with Crippen LogP contribution in [0.5, 0.6) is 0 Å². The van der Waals surface area contributed by atoms with E-state index in [0.29, 0.717) is 0 Å². The van der Waals surface area contributed by atoms with Gasteiger partial charge >= 0.3 is 23.5 Å². The summed E-state index contributed by atoms with van der Waals surface area (Å²) in [6.45, 7) is 1.01. The lowest BCUT2D eigenvalue weighted by molar-refractivity contribution is -0.0829. The van der Waals surface area contributed by atoms with Gasteiger partial charge in [-0.3, -0.25) is 14.3 Å². The second kappa shape index (κ2) is 9.91. The van der Waals surface area contributed by atoms with Gasteiger partial charge in [0.1, 0.15) is 12.2 Å². The molecule has 0 amide bonds. The maximum absolute atomic E-state index is 12.2. The molecule has 1 fully saturated rings. The second-order valence-corrected chi connectivity index (χ2v) is 11.8. The highest BCUT2D eigenvalue weighted by Crippen LogP contribution is 2.66. The molecule has 18 nitrogen and oxygen atoms in total. The minimum Gasteiger partial charge on any atom is -0.386 e. The molecule has 3 heterocycles. The normalized spacial score (nSPS) is 28.7. The standard InChI is InChI=1S/C14H18ClN4O14P3/c1-6(31-35(26,27)33-36(28,29)32-34(23,24)25)8-9(20)14(22,3-4-15)12(30-8)19-5-2-7-10(19)17-13(16)18-11(7)21/h2,5-6,8-9,12,20,22H,1H3,(H,26,27)(H,28,29)(H2,23,24,25)(H3,16,17,18,21)/t6-,8+,9-,12+,14?/m0/s1. The summed E-state index contributed by atoms with van der Waals surface area (Å²) in [7, 11) is -17.1. The molecule has 3 unspecified atom stereocenters. The zero-order valence-electron chi connectivity index (χ0n) is 17.6. The average Bonchev–Trinajstić information content (AvgIpc) is 3.18. The Hall–Kier alpha value is -1.64. The van der Waals surface area contributed by atoms with Gasteiger partial charge in [-0.25, -0.2) is 13.7 Å². The lowest BCUT2D eigenvalue weighted by Gasteiger charge is -2.27. The SMILES string of the molecule is C[C@H](OP(=O)(O)OP(=O)(O)OP(=O)(O)O)[C@H]1O[C@@H](n2ccc3c(=O)[nH]c(N)nc32)C(O)(C#CCl)[C@H]1O. The molecule has 0 spiro atoms. The maximum Gasteiger partial charge on any atom is 0.490 e. The summed E-state index contributed by atoms with van der Waals surface area (Å²) in [5.74, 6) is 1.84. The minimum atomic E-state index is -5.81. The third-order valence-corrected chi connectivity index (χ3v) is 8.72.